The van der Waals surface area contributed by atoms with Gasteiger partial charge in [-0.15, -0.1) is 0 Å². The van der Waals surface area contributed by atoms with Gasteiger partial charge in [0.05, 0.1) is 17.6 Å². The van der Waals surface area contributed by atoms with Crippen molar-refractivity contribution in [3.8, 4) is 11.3 Å². The molecule has 1 atom stereocenters. The molecule has 0 radical (unpaired) electrons. The summed E-state index contributed by atoms with van der Waals surface area (Å²) in [6, 6.07) is 10.1. The summed E-state index contributed by atoms with van der Waals surface area (Å²) in [5, 5.41) is 3.23. The van der Waals surface area contributed by atoms with Gasteiger partial charge in [-0.3, -0.25) is 9.78 Å². The lowest BCUT2D eigenvalue weighted by atomic mass is 9.97. The highest BCUT2D eigenvalue weighted by Crippen LogP contribution is 2.31. The number of likely N-dealkylation sites (tertiary alicyclic amines) is 1. The van der Waals surface area contributed by atoms with Crippen LogP contribution in [0.15, 0.2) is 48.8 Å². The van der Waals surface area contributed by atoms with Crippen LogP contribution < -0.4 is 10.2 Å². The van der Waals surface area contributed by atoms with Gasteiger partial charge in [-0.1, -0.05) is 6.07 Å². The van der Waals surface area contributed by atoms with E-state index in [1.165, 1.54) is 12.1 Å². The predicted molar refractivity (Wildman–Crippen MR) is 159 cm³/mol. The number of carbonyl (C=O) groups excluding carboxylic acids is 2. The maximum absolute atomic E-state index is 13.9. The first-order chi connectivity index (χ1) is 20.0. The number of carbonyl (C=O) groups is 2. The Balaban J connectivity index is 1.40. The third-order valence-electron chi connectivity index (χ3n) is 7.39. The first-order valence-corrected chi connectivity index (χ1v) is 14.4. The van der Waals surface area contributed by atoms with E-state index in [1.54, 1.807) is 30.2 Å². The minimum atomic E-state index is -0.534. The molecule has 1 aromatic carbocycles. The Morgan fingerprint density at radius 2 is 1.79 bits per heavy atom. The third kappa shape index (κ3) is 7.32. The average molecular weight is 576 g/mol. The standard InChI is InChI=1S/C31H38FN7O3/c1-21(40)39-10-6-7-22(20-39)29-35-27(17-28(36-29)34-25-9-5-8-24(32)16-25)23-15-26(19-33-18-23)37-11-13-38(14-12-37)30(41)42-31(2,3)4/h5,8-9,15-19,22H,6-7,10-14,20H2,1-4H3,(H,34,35,36). The molecule has 0 aliphatic carbocycles. The fraction of sp³-hybridized carbons (Fsp3) is 0.452. The van der Waals surface area contributed by atoms with Crippen molar-refractivity contribution in [1.29, 1.82) is 0 Å². The van der Waals surface area contributed by atoms with Crippen molar-refractivity contribution in [2.45, 2.75) is 52.1 Å². The summed E-state index contributed by atoms with van der Waals surface area (Å²) < 4.78 is 19.4. The number of nitrogens with one attached hydrogen (secondary N) is 1. The quantitative estimate of drug-likeness (QED) is 0.443. The number of rotatable bonds is 5. The molecule has 42 heavy (non-hydrogen) atoms. The van der Waals surface area contributed by atoms with Crippen molar-refractivity contribution >= 4 is 29.2 Å². The number of nitrogens with zero attached hydrogens (tertiary/aromatic N) is 6. The number of piperazine rings is 1. The van der Waals surface area contributed by atoms with Gasteiger partial charge in [0.15, 0.2) is 0 Å². The molecule has 4 heterocycles. The lowest BCUT2D eigenvalue weighted by Gasteiger charge is -2.36. The molecule has 2 aliphatic heterocycles. The molecule has 11 heteroatoms. The minimum Gasteiger partial charge on any atom is -0.444 e. The molecule has 5 rings (SSSR count). The molecule has 2 aromatic heterocycles. The topological polar surface area (TPSA) is 104 Å². The molecule has 2 amide bonds. The van der Waals surface area contributed by atoms with Crippen molar-refractivity contribution in [2.75, 3.05) is 49.5 Å². The zero-order chi connectivity index (χ0) is 29.9. The summed E-state index contributed by atoms with van der Waals surface area (Å²) in [6.45, 7) is 10.9. The van der Waals surface area contributed by atoms with E-state index in [-0.39, 0.29) is 23.7 Å². The van der Waals surface area contributed by atoms with E-state index in [2.05, 4.69) is 15.2 Å². The maximum atomic E-state index is 13.9. The summed E-state index contributed by atoms with van der Waals surface area (Å²) in [4.78, 5) is 44.6. The summed E-state index contributed by atoms with van der Waals surface area (Å²) in [7, 11) is 0. The van der Waals surface area contributed by atoms with Crippen LogP contribution in [-0.4, -0.2) is 81.6 Å². The Kier molecular flexibility index (Phi) is 8.56. The number of pyridine rings is 1. The molecule has 0 bridgehead atoms. The molecule has 2 fully saturated rings. The predicted octanol–water partition coefficient (Wildman–Crippen LogP) is 5.20. The largest absolute Gasteiger partial charge is 0.444 e. The molecule has 1 unspecified atom stereocenters. The van der Waals surface area contributed by atoms with E-state index in [4.69, 9.17) is 14.7 Å². The molecule has 3 aromatic rings. The van der Waals surface area contributed by atoms with Crippen LogP contribution in [0.4, 0.5) is 26.4 Å². The van der Waals surface area contributed by atoms with Crippen LogP contribution in [0, 0.1) is 5.82 Å². The van der Waals surface area contributed by atoms with Gasteiger partial charge < -0.3 is 24.8 Å². The van der Waals surface area contributed by atoms with Gasteiger partial charge in [0.25, 0.3) is 0 Å². The number of hydrogen-bond donors (Lipinski definition) is 1. The van der Waals surface area contributed by atoms with Crippen LogP contribution in [0.5, 0.6) is 0 Å². The highest BCUT2D eigenvalue weighted by molar-refractivity contribution is 5.73. The number of aromatic nitrogens is 3. The lowest BCUT2D eigenvalue weighted by molar-refractivity contribution is -0.130. The molecular formula is C31H38FN7O3. The van der Waals surface area contributed by atoms with Crippen molar-refractivity contribution in [3.05, 3.63) is 60.4 Å². The van der Waals surface area contributed by atoms with Crippen LogP contribution >= 0.6 is 0 Å². The fourth-order valence-electron chi connectivity index (χ4n) is 5.26. The molecule has 2 saturated heterocycles. The van der Waals surface area contributed by atoms with E-state index >= 15 is 0 Å². The number of anilines is 3. The Morgan fingerprint density at radius 1 is 1.00 bits per heavy atom. The van der Waals surface area contributed by atoms with Gasteiger partial charge >= 0.3 is 6.09 Å². The monoisotopic (exact) mass is 575 g/mol. The molecule has 1 N–H and O–H groups in total. The van der Waals surface area contributed by atoms with E-state index in [9.17, 15) is 14.0 Å². The molecule has 0 saturated carbocycles. The molecule has 2 aliphatic rings. The van der Waals surface area contributed by atoms with Gasteiger partial charge in [-0.2, -0.15) is 0 Å². The number of halogens is 1. The van der Waals surface area contributed by atoms with Crippen LogP contribution in [0.2, 0.25) is 0 Å². The zero-order valence-corrected chi connectivity index (χ0v) is 24.6. The Bertz CT molecular complexity index is 1440. The van der Waals surface area contributed by atoms with Crippen molar-refractivity contribution in [1.82, 2.24) is 24.8 Å². The summed E-state index contributed by atoms with van der Waals surface area (Å²) >= 11 is 0. The van der Waals surface area contributed by atoms with Crippen LogP contribution in [0.3, 0.4) is 0 Å². The van der Waals surface area contributed by atoms with E-state index in [0.717, 1.165) is 30.6 Å². The highest BCUT2D eigenvalue weighted by Gasteiger charge is 2.28. The van der Waals surface area contributed by atoms with E-state index in [0.29, 0.717) is 55.7 Å². The van der Waals surface area contributed by atoms with E-state index < -0.39 is 5.60 Å². The highest BCUT2D eigenvalue weighted by atomic mass is 19.1. The lowest BCUT2D eigenvalue weighted by Crippen LogP contribution is -2.50. The van der Waals surface area contributed by atoms with Crippen molar-refractivity contribution in [2.24, 2.45) is 0 Å². The van der Waals surface area contributed by atoms with Crippen LogP contribution in [0.25, 0.3) is 11.3 Å². The number of ether oxygens (including phenoxy) is 1. The van der Waals surface area contributed by atoms with Crippen molar-refractivity contribution in [3.63, 3.8) is 0 Å². The SMILES string of the molecule is CC(=O)N1CCCC(c2nc(Nc3cccc(F)c3)cc(-c3cncc(N4CCN(C(=O)OC(C)(C)C)CC4)c3)n2)C1. The minimum absolute atomic E-state index is 0.0206. The zero-order valence-electron chi connectivity index (χ0n) is 24.6. The number of hydrogen-bond acceptors (Lipinski definition) is 8. The second-order valence-corrected chi connectivity index (χ2v) is 11.8. The first-order valence-electron chi connectivity index (χ1n) is 14.4. The second-order valence-electron chi connectivity index (χ2n) is 11.8. The number of piperidine rings is 1. The number of amides is 2. The van der Waals surface area contributed by atoms with Crippen LogP contribution in [-0.2, 0) is 9.53 Å². The van der Waals surface area contributed by atoms with Crippen LogP contribution in [0.1, 0.15) is 52.3 Å². The normalized spacial score (nSPS) is 17.6. The summed E-state index contributed by atoms with van der Waals surface area (Å²) in [6.07, 6.45) is 5.02. The van der Waals surface area contributed by atoms with Crippen molar-refractivity contribution < 1.29 is 18.7 Å². The van der Waals surface area contributed by atoms with Gasteiger partial charge in [0.2, 0.25) is 5.91 Å². The maximum Gasteiger partial charge on any atom is 0.410 e. The smallest absolute Gasteiger partial charge is 0.410 e. The van der Waals surface area contributed by atoms with Gasteiger partial charge in [-0.05, 0) is 57.9 Å². The Labute approximate surface area is 245 Å². The molecule has 0 spiro atoms. The molecule has 222 valence electrons. The third-order valence-corrected chi connectivity index (χ3v) is 7.39. The fourth-order valence-corrected chi connectivity index (χ4v) is 5.26. The Morgan fingerprint density at radius 3 is 2.50 bits per heavy atom. The summed E-state index contributed by atoms with van der Waals surface area (Å²) in [5.41, 5.74) is 2.46. The second kappa shape index (κ2) is 12.3. The first kappa shape index (κ1) is 29.2. The van der Waals surface area contributed by atoms with Gasteiger partial charge in [-0.25, -0.2) is 19.2 Å². The van der Waals surface area contributed by atoms with Gasteiger partial charge in [0, 0.05) is 75.6 Å². The summed E-state index contributed by atoms with van der Waals surface area (Å²) in [5.74, 6) is 0.846. The molecular weight excluding hydrogens is 537 g/mol. The number of benzene rings is 1. The Hall–Kier alpha value is -4.28. The average Bonchev–Trinajstić information content (AvgIpc) is 2.96. The molecule has 10 nitrogen and oxygen atoms in total. The van der Waals surface area contributed by atoms with Gasteiger partial charge in [0.1, 0.15) is 23.1 Å². The van der Waals surface area contributed by atoms with E-state index in [1.807, 2.05) is 44.0 Å².